The van der Waals surface area contributed by atoms with Gasteiger partial charge >= 0.3 is 0 Å². The Bertz CT molecular complexity index is 363. The van der Waals surface area contributed by atoms with Crippen LogP contribution in [-0.2, 0) is 6.42 Å². The minimum atomic E-state index is 0.692. The van der Waals surface area contributed by atoms with Crippen molar-refractivity contribution >= 4 is 5.69 Å². The molecule has 1 heterocycles. The van der Waals surface area contributed by atoms with Gasteiger partial charge in [-0.3, -0.25) is 0 Å². The monoisotopic (exact) mass is 229 g/mol. The van der Waals surface area contributed by atoms with E-state index < -0.39 is 0 Å². The summed E-state index contributed by atoms with van der Waals surface area (Å²) in [6.45, 7) is 4.84. The van der Waals surface area contributed by atoms with E-state index >= 15 is 0 Å². The van der Waals surface area contributed by atoms with E-state index in [4.69, 9.17) is 0 Å². The highest BCUT2D eigenvalue weighted by molar-refractivity contribution is 5.56. The highest BCUT2D eigenvalue weighted by atomic mass is 15.0. The van der Waals surface area contributed by atoms with Gasteiger partial charge in [-0.15, -0.1) is 0 Å². The largest absolute Gasteiger partial charge is 0.381 e. The van der Waals surface area contributed by atoms with Gasteiger partial charge in [0.2, 0.25) is 0 Å². The molecule has 1 aromatic carbocycles. The van der Waals surface area contributed by atoms with Crippen molar-refractivity contribution in [2.24, 2.45) is 17.8 Å². The highest BCUT2D eigenvalue weighted by Crippen LogP contribution is 2.39. The maximum atomic E-state index is 3.75. The van der Waals surface area contributed by atoms with Crippen LogP contribution in [0.3, 0.4) is 0 Å². The average Bonchev–Trinajstić information content (AvgIpc) is 2.71. The van der Waals surface area contributed by atoms with Gasteiger partial charge in [0.05, 0.1) is 0 Å². The molecule has 1 aliphatic carbocycles. The van der Waals surface area contributed by atoms with Crippen molar-refractivity contribution in [3.8, 4) is 0 Å². The van der Waals surface area contributed by atoms with Gasteiger partial charge in [-0.2, -0.15) is 0 Å². The number of fused-ring (bicyclic) bond motifs is 1. The van der Waals surface area contributed by atoms with E-state index in [-0.39, 0.29) is 0 Å². The molecule has 1 fully saturated rings. The molecule has 2 aliphatic rings. The summed E-state index contributed by atoms with van der Waals surface area (Å²) < 4.78 is 0. The minimum Gasteiger partial charge on any atom is -0.381 e. The van der Waals surface area contributed by atoms with Crippen LogP contribution in [0.4, 0.5) is 5.69 Å². The third kappa shape index (κ3) is 2.20. The molecule has 3 unspecified atom stereocenters. The Morgan fingerprint density at radius 2 is 1.71 bits per heavy atom. The fraction of sp³-hybridized carbons (Fsp3) is 0.625. The quantitative estimate of drug-likeness (QED) is 0.764. The maximum absolute atomic E-state index is 3.75. The molecule has 1 heteroatoms. The molecular weight excluding hydrogens is 206 g/mol. The van der Waals surface area contributed by atoms with Crippen LogP contribution in [-0.4, -0.2) is 6.04 Å². The van der Waals surface area contributed by atoms with E-state index in [1.807, 2.05) is 0 Å². The zero-order valence-corrected chi connectivity index (χ0v) is 10.9. The third-order valence-electron chi connectivity index (χ3n) is 4.58. The first-order valence-electron chi connectivity index (χ1n) is 7.07. The zero-order chi connectivity index (χ0) is 11.8. The maximum Gasteiger partial charge on any atom is 0.0375 e. The van der Waals surface area contributed by atoms with E-state index in [0.717, 1.165) is 17.8 Å². The van der Waals surface area contributed by atoms with Crippen molar-refractivity contribution in [3.63, 3.8) is 0 Å². The molecule has 1 aliphatic heterocycles. The van der Waals surface area contributed by atoms with Crippen LogP contribution < -0.4 is 5.32 Å². The molecule has 1 N–H and O–H groups in total. The molecule has 0 spiro atoms. The van der Waals surface area contributed by atoms with Gasteiger partial charge < -0.3 is 5.32 Å². The molecule has 1 saturated carbocycles. The first kappa shape index (κ1) is 11.1. The van der Waals surface area contributed by atoms with E-state index in [2.05, 4.69) is 43.4 Å². The smallest absolute Gasteiger partial charge is 0.0375 e. The van der Waals surface area contributed by atoms with Crippen LogP contribution in [0.1, 0.15) is 38.7 Å². The van der Waals surface area contributed by atoms with Gasteiger partial charge in [-0.1, -0.05) is 32.0 Å². The van der Waals surface area contributed by atoms with Crippen LogP contribution in [0.2, 0.25) is 0 Å². The average molecular weight is 229 g/mol. The second-order valence-corrected chi connectivity index (χ2v) is 6.29. The van der Waals surface area contributed by atoms with Crippen molar-refractivity contribution in [2.45, 2.75) is 45.6 Å². The molecule has 0 aromatic heterocycles. The molecule has 92 valence electrons. The second kappa shape index (κ2) is 4.36. The predicted octanol–water partition coefficient (Wildman–Crippen LogP) is 4.10. The normalized spacial score (nSPS) is 36.4. The zero-order valence-electron chi connectivity index (χ0n) is 10.9. The number of hydrogen-bond donors (Lipinski definition) is 1. The lowest BCUT2D eigenvalue weighted by Crippen LogP contribution is -2.33. The molecule has 3 atom stereocenters. The summed E-state index contributed by atoms with van der Waals surface area (Å²) >= 11 is 0. The molecule has 17 heavy (non-hydrogen) atoms. The molecular formula is C16H23N. The number of benzene rings is 1. The summed E-state index contributed by atoms with van der Waals surface area (Å²) in [6, 6.07) is 9.50. The summed E-state index contributed by atoms with van der Waals surface area (Å²) in [5.41, 5.74) is 2.90. The van der Waals surface area contributed by atoms with E-state index in [0.29, 0.717) is 6.04 Å². The Labute approximate surface area is 105 Å². The van der Waals surface area contributed by atoms with Gasteiger partial charge in [-0.25, -0.2) is 0 Å². The highest BCUT2D eigenvalue weighted by Gasteiger charge is 2.33. The number of para-hydroxylation sites is 1. The summed E-state index contributed by atoms with van der Waals surface area (Å²) in [4.78, 5) is 0. The summed E-state index contributed by atoms with van der Waals surface area (Å²) in [6.07, 6.45) is 5.49. The topological polar surface area (TPSA) is 12.0 Å². The number of anilines is 1. The van der Waals surface area contributed by atoms with Gasteiger partial charge in [0.15, 0.2) is 0 Å². The predicted molar refractivity (Wildman–Crippen MR) is 73.2 cm³/mol. The van der Waals surface area contributed by atoms with Gasteiger partial charge in [0.25, 0.3) is 0 Å². The van der Waals surface area contributed by atoms with Crippen LogP contribution in [0.25, 0.3) is 0 Å². The Hall–Kier alpha value is -0.980. The molecule has 1 nitrogen and oxygen atoms in total. The van der Waals surface area contributed by atoms with Gasteiger partial charge in [-0.05, 0) is 55.1 Å². The van der Waals surface area contributed by atoms with Crippen molar-refractivity contribution in [3.05, 3.63) is 29.8 Å². The van der Waals surface area contributed by atoms with Crippen LogP contribution >= 0.6 is 0 Å². The number of rotatable bonds is 1. The molecule has 3 rings (SSSR count). The summed E-state index contributed by atoms with van der Waals surface area (Å²) in [5.74, 6) is 2.70. The first-order chi connectivity index (χ1) is 8.22. The molecule has 0 saturated heterocycles. The van der Waals surface area contributed by atoms with Crippen LogP contribution in [0.15, 0.2) is 24.3 Å². The minimum absolute atomic E-state index is 0.692. The molecule has 0 radical (unpaired) electrons. The van der Waals surface area contributed by atoms with E-state index in [1.165, 1.54) is 36.9 Å². The summed E-state index contributed by atoms with van der Waals surface area (Å²) in [5, 5.41) is 3.75. The van der Waals surface area contributed by atoms with Gasteiger partial charge in [0, 0.05) is 11.7 Å². The van der Waals surface area contributed by atoms with Crippen molar-refractivity contribution in [2.75, 3.05) is 5.32 Å². The van der Waals surface area contributed by atoms with Crippen molar-refractivity contribution < 1.29 is 0 Å². The van der Waals surface area contributed by atoms with Crippen molar-refractivity contribution in [1.29, 1.82) is 0 Å². The number of nitrogens with one attached hydrogen (secondary N) is 1. The van der Waals surface area contributed by atoms with E-state index in [9.17, 15) is 0 Å². The SMILES string of the molecule is CC1CC(C)CC(C2Cc3ccccc3N2)C1. The Morgan fingerprint density at radius 3 is 2.41 bits per heavy atom. The van der Waals surface area contributed by atoms with Crippen LogP contribution in [0.5, 0.6) is 0 Å². The summed E-state index contributed by atoms with van der Waals surface area (Å²) in [7, 11) is 0. The lowest BCUT2D eigenvalue weighted by atomic mass is 9.73. The lowest BCUT2D eigenvalue weighted by molar-refractivity contribution is 0.201. The molecule has 1 aromatic rings. The Morgan fingerprint density at radius 1 is 1.00 bits per heavy atom. The third-order valence-corrected chi connectivity index (χ3v) is 4.58. The fourth-order valence-corrected chi connectivity index (χ4v) is 3.95. The Kier molecular flexibility index (Phi) is 2.85. The van der Waals surface area contributed by atoms with E-state index in [1.54, 1.807) is 0 Å². The fourth-order valence-electron chi connectivity index (χ4n) is 3.95. The number of hydrogen-bond acceptors (Lipinski definition) is 1. The van der Waals surface area contributed by atoms with Crippen LogP contribution in [0, 0.1) is 17.8 Å². The molecule has 0 bridgehead atoms. The van der Waals surface area contributed by atoms with Gasteiger partial charge in [0.1, 0.15) is 0 Å². The second-order valence-electron chi connectivity index (χ2n) is 6.29. The lowest BCUT2D eigenvalue weighted by Gasteiger charge is -2.35. The molecule has 0 amide bonds. The first-order valence-corrected chi connectivity index (χ1v) is 7.07. The standard InChI is InChI=1S/C16H23N/c1-11-7-12(2)9-14(8-11)16-10-13-5-3-4-6-15(13)17-16/h3-6,11-12,14,16-17H,7-10H2,1-2H3. The van der Waals surface area contributed by atoms with Crippen molar-refractivity contribution in [1.82, 2.24) is 0 Å². The Balaban J connectivity index is 1.72.